The van der Waals surface area contributed by atoms with Crippen LogP contribution in [0, 0.1) is 0 Å². The Bertz CT molecular complexity index is 860. The van der Waals surface area contributed by atoms with Gasteiger partial charge in [0.15, 0.2) is 6.23 Å². The molecule has 0 spiro atoms. The summed E-state index contributed by atoms with van der Waals surface area (Å²) in [6.07, 6.45) is 4.14. The normalized spacial score (nSPS) is 17.0. The molecule has 1 aliphatic heterocycles. The van der Waals surface area contributed by atoms with Crippen molar-refractivity contribution in [1.29, 1.82) is 0 Å². The fourth-order valence-electron chi connectivity index (χ4n) is 3.14. The van der Waals surface area contributed by atoms with E-state index in [1.807, 2.05) is 24.3 Å². The molecule has 5 heteroatoms. The Hall–Kier alpha value is -2.24. The number of rotatable bonds is 4. The number of ether oxygens (including phenoxy) is 2. The SMILES string of the molecule is COc1ccc(N2CCOC2c2ccn(-c3cccc(Br)c3)c2)cc1. The third-order valence-corrected chi connectivity index (χ3v) is 4.90. The van der Waals surface area contributed by atoms with Crippen LogP contribution in [0.5, 0.6) is 5.75 Å². The zero-order valence-electron chi connectivity index (χ0n) is 13.9. The Labute approximate surface area is 155 Å². The van der Waals surface area contributed by atoms with Gasteiger partial charge >= 0.3 is 0 Å². The standard InChI is InChI=1S/C20H19BrN2O2/c1-24-19-7-5-17(6-8-19)23-11-12-25-20(23)15-9-10-22(14-15)18-4-2-3-16(21)13-18/h2-10,13-14,20H,11-12H2,1H3. The van der Waals surface area contributed by atoms with E-state index in [9.17, 15) is 0 Å². The lowest BCUT2D eigenvalue weighted by Crippen LogP contribution is -2.22. The summed E-state index contributed by atoms with van der Waals surface area (Å²) in [7, 11) is 1.68. The van der Waals surface area contributed by atoms with E-state index in [4.69, 9.17) is 9.47 Å². The highest BCUT2D eigenvalue weighted by molar-refractivity contribution is 9.10. The van der Waals surface area contributed by atoms with Crippen molar-refractivity contribution in [3.05, 3.63) is 77.0 Å². The first-order valence-corrected chi connectivity index (χ1v) is 9.00. The molecule has 3 aromatic rings. The highest BCUT2D eigenvalue weighted by Crippen LogP contribution is 2.33. The molecule has 0 N–H and O–H groups in total. The van der Waals surface area contributed by atoms with Crippen molar-refractivity contribution < 1.29 is 9.47 Å². The van der Waals surface area contributed by atoms with Gasteiger partial charge in [0.1, 0.15) is 5.75 Å². The second kappa shape index (κ2) is 6.94. The summed E-state index contributed by atoms with van der Waals surface area (Å²) in [5.74, 6) is 0.862. The maximum absolute atomic E-state index is 6.01. The topological polar surface area (TPSA) is 26.6 Å². The summed E-state index contributed by atoms with van der Waals surface area (Å²) >= 11 is 3.53. The molecule has 0 bridgehead atoms. The van der Waals surface area contributed by atoms with Crippen LogP contribution in [-0.4, -0.2) is 24.8 Å². The van der Waals surface area contributed by atoms with E-state index in [1.54, 1.807) is 7.11 Å². The lowest BCUT2D eigenvalue weighted by atomic mass is 10.2. The van der Waals surface area contributed by atoms with E-state index < -0.39 is 0 Å². The molecule has 25 heavy (non-hydrogen) atoms. The Morgan fingerprint density at radius 1 is 1.08 bits per heavy atom. The molecule has 2 heterocycles. The second-order valence-electron chi connectivity index (χ2n) is 5.95. The van der Waals surface area contributed by atoms with Crippen LogP contribution in [0.1, 0.15) is 11.8 Å². The summed E-state index contributed by atoms with van der Waals surface area (Å²) in [6, 6.07) is 18.5. The van der Waals surface area contributed by atoms with E-state index in [-0.39, 0.29) is 6.23 Å². The van der Waals surface area contributed by atoms with Crippen LogP contribution < -0.4 is 9.64 Å². The number of benzene rings is 2. The lowest BCUT2D eigenvalue weighted by molar-refractivity contribution is 0.114. The van der Waals surface area contributed by atoms with Crippen molar-refractivity contribution >= 4 is 21.6 Å². The van der Waals surface area contributed by atoms with Gasteiger partial charge in [-0.25, -0.2) is 0 Å². The van der Waals surface area contributed by atoms with Gasteiger partial charge in [-0.05, 0) is 48.5 Å². The van der Waals surface area contributed by atoms with Crippen molar-refractivity contribution in [2.45, 2.75) is 6.23 Å². The van der Waals surface area contributed by atoms with Gasteiger partial charge in [0.25, 0.3) is 0 Å². The minimum absolute atomic E-state index is 0.0678. The third kappa shape index (κ3) is 3.30. The minimum atomic E-state index is -0.0678. The van der Waals surface area contributed by atoms with Gasteiger partial charge in [0.05, 0.1) is 13.7 Å². The molecule has 0 aliphatic carbocycles. The average Bonchev–Trinajstić information content (AvgIpc) is 3.31. The maximum atomic E-state index is 6.01. The minimum Gasteiger partial charge on any atom is -0.497 e. The van der Waals surface area contributed by atoms with Gasteiger partial charge in [-0.3, -0.25) is 0 Å². The summed E-state index contributed by atoms with van der Waals surface area (Å²) in [4.78, 5) is 2.28. The van der Waals surface area contributed by atoms with E-state index in [2.05, 4.69) is 68.1 Å². The van der Waals surface area contributed by atoms with Gasteiger partial charge in [-0.2, -0.15) is 0 Å². The van der Waals surface area contributed by atoms with Crippen molar-refractivity contribution in [2.75, 3.05) is 25.2 Å². The molecule has 1 fully saturated rings. The fourth-order valence-corrected chi connectivity index (χ4v) is 3.53. The largest absolute Gasteiger partial charge is 0.497 e. The third-order valence-electron chi connectivity index (χ3n) is 4.40. The molecule has 0 amide bonds. The van der Waals surface area contributed by atoms with Gasteiger partial charge in [0.2, 0.25) is 0 Å². The molecule has 128 valence electrons. The average molecular weight is 399 g/mol. The zero-order chi connectivity index (χ0) is 17.2. The van der Waals surface area contributed by atoms with E-state index in [1.165, 1.54) is 0 Å². The first-order valence-electron chi connectivity index (χ1n) is 8.21. The monoisotopic (exact) mass is 398 g/mol. The second-order valence-corrected chi connectivity index (χ2v) is 6.86. The molecule has 4 nitrogen and oxygen atoms in total. The predicted octanol–water partition coefficient (Wildman–Crippen LogP) is 4.78. The molecular weight excluding hydrogens is 380 g/mol. The van der Waals surface area contributed by atoms with Crippen LogP contribution >= 0.6 is 15.9 Å². The molecular formula is C20H19BrN2O2. The number of anilines is 1. The van der Waals surface area contributed by atoms with Gasteiger partial charge in [-0.15, -0.1) is 0 Å². The zero-order valence-corrected chi connectivity index (χ0v) is 15.5. The quantitative estimate of drug-likeness (QED) is 0.632. The molecule has 2 aromatic carbocycles. The van der Waals surface area contributed by atoms with Crippen molar-refractivity contribution in [3.8, 4) is 11.4 Å². The molecule has 1 aliphatic rings. The Balaban J connectivity index is 1.60. The molecule has 1 aromatic heterocycles. The number of hydrogen-bond acceptors (Lipinski definition) is 3. The van der Waals surface area contributed by atoms with Crippen molar-refractivity contribution in [3.63, 3.8) is 0 Å². The number of hydrogen-bond donors (Lipinski definition) is 0. The number of aromatic nitrogens is 1. The summed E-state index contributed by atoms with van der Waals surface area (Å²) in [6.45, 7) is 1.60. The molecule has 0 saturated carbocycles. The van der Waals surface area contributed by atoms with Crippen LogP contribution in [0.3, 0.4) is 0 Å². The maximum Gasteiger partial charge on any atom is 0.158 e. The summed E-state index contributed by atoms with van der Waals surface area (Å²) < 4.78 is 14.4. The van der Waals surface area contributed by atoms with Crippen molar-refractivity contribution in [2.24, 2.45) is 0 Å². The van der Waals surface area contributed by atoms with Crippen LogP contribution in [0.15, 0.2) is 71.5 Å². The highest BCUT2D eigenvalue weighted by Gasteiger charge is 2.28. The molecule has 0 radical (unpaired) electrons. The fraction of sp³-hybridized carbons (Fsp3) is 0.200. The smallest absolute Gasteiger partial charge is 0.158 e. The summed E-state index contributed by atoms with van der Waals surface area (Å²) in [5.41, 5.74) is 3.40. The molecule has 1 unspecified atom stereocenters. The molecule has 4 rings (SSSR count). The van der Waals surface area contributed by atoms with E-state index >= 15 is 0 Å². The number of methoxy groups -OCH3 is 1. The Morgan fingerprint density at radius 2 is 1.92 bits per heavy atom. The molecule has 1 saturated heterocycles. The number of nitrogens with zero attached hydrogens (tertiary/aromatic N) is 2. The van der Waals surface area contributed by atoms with E-state index in [0.717, 1.165) is 40.3 Å². The highest BCUT2D eigenvalue weighted by atomic mass is 79.9. The first kappa shape index (κ1) is 16.2. The van der Waals surface area contributed by atoms with Gasteiger partial charge in [0, 0.05) is 40.3 Å². The predicted molar refractivity (Wildman–Crippen MR) is 103 cm³/mol. The first-order chi connectivity index (χ1) is 12.2. The Kier molecular flexibility index (Phi) is 4.51. The van der Waals surface area contributed by atoms with Gasteiger partial charge in [-0.1, -0.05) is 22.0 Å². The van der Waals surface area contributed by atoms with Crippen LogP contribution in [0.2, 0.25) is 0 Å². The van der Waals surface area contributed by atoms with Crippen LogP contribution in [0.4, 0.5) is 5.69 Å². The lowest BCUT2D eigenvalue weighted by Gasteiger charge is -2.24. The van der Waals surface area contributed by atoms with Gasteiger partial charge < -0.3 is 18.9 Å². The van der Waals surface area contributed by atoms with E-state index in [0.29, 0.717) is 0 Å². The Morgan fingerprint density at radius 3 is 2.68 bits per heavy atom. The summed E-state index contributed by atoms with van der Waals surface area (Å²) in [5, 5.41) is 0. The van der Waals surface area contributed by atoms with Crippen molar-refractivity contribution in [1.82, 2.24) is 4.57 Å². The van der Waals surface area contributed by atoms with Crippen LogP contribution in [-0.2, 0) is 4.74 Å². The molecule has 1 atom stereocenters. The van der Waals surface area contributed by atoms with Crippen LogP contribution in [0.25, 0.3) is 5.69 Å². The number of halogens is 1.